The second-order valence-corrected chi connectivity index (χ2v) is 6.66. The Morgan fingerprint density at radius 3 is 2.71 bits per heavy atom. The lowest BCUT2D eigenvalue weighted by Gasteiger charge is -2.36. The first-order valence-corrected chi connectivity index (χ1v) is 9.16. The average molecular weight is 393 g/mol. The number of amidine groups is 1. The number of nitrogens with two attached hydrogens (primary N) is 2. The van der Waals surface area contributed by atoms with Crippen LogP contribution in [-0.4, -0.2) is 53.5 Å². The Morgan fingerprint density at radius 2 is 2.18 bits per heavy atom. The highest BCUT2D eigenvalue weighted by atomic mass is 16.7. The van der Waals surface area contributed by atoms with Gasteiger partial charge in [-0.1, -0.05) is 16.5 Å². The van der Waals surface area contributed by atoms with Crippen molar-refractivity contribution < 1.29 is 19.5 Å². The molecule has 0 radical (unpaired) electrons. The van der Waals surface area contributed by atoms with Crippen LogP contribution in [0.25, 0.3) is 0 Å². The van der Waals surface area contributed by atoms with E-state index >= 15 is 0 Å². The van der Waals surface area contributed by atoms with Crippen molar-refractivity contribution in [1.29, 1.82) is 0 Å². The van der Waals surface area contributed by atoms with Crippen molar-refractivity contribution in [3.05, 3.63) is 23.5 Å². The largest absolute Gasteiger partial charge is 0.393 e. The molecular formula is C17H27N7O4. The summed E-state index contributed by atoms with van der Waals surface area (Å²) in [6.45, 7) is -0.282. The number of oxime groups is 1. The van der Waals surface area contributed by atoms with Crippen LogP contribution in [0.1, 0.15) is 38.5 Å². The van der Waals surface area contributed by atoms with Crippen molar-refractivity contribution in [2.75, 3.05) is 13.6 Å². The molecule has 1 atom stereocenters. The van der Waals surface area contributed by atoms with Gasteiger partial charge >= 0.3 is 5.97 Å². The number of nitrogens with zero attached hydrogens (tertiary/aromatic N) is 4. The van der Waals surface area contributed by atoms with Crippen LogP contribution in [0.5, 0.6) is 0 Å². The quantitative estimate of drug-likeness (QED) is 0.0900. The zero-order chi connectivity index (χ0) is 20.5. The lowest BCUT2D eigenvalue weighted by atomic mass is 9.91. The van der Waals surface area contributed by atoms with E-state index in [0.29, 0.717) is 24.8 Å². The molecule has 28 heavy (non-hydrogen) atoms. The van der Waals surface area contributed by atoms with Crippen molar-refractivity contribution in [3.8, 4) is 0 Å². The van der Waals surface area contributed by atoms with Gasteiger partial charge in [-0.2, -0.15) is 0 Å². The molecule has 2 aliphatic rings. The summed E-state index contributed by atoms with van der Waals surface area (Å²) in [5, 5.41) is 22.9. The van der Waals surface area contributed by atoms with Gasteiger partial charge in [-0.3, -0.25) is 4.79 Å². The summed E-state index contributed by atoms with van der Waals surface area (Å²) >= 11 is 0. The molecule has 2 aliphatic carbocycles. The maximum Gasteiger partial charge on any atom is 0.354 e. The number of hydrogen-bond acceptors (Lipinski definition) is 8. The molecule has 1 amide bonds. The fourth-order valence-corrected chi connectivity index (χ4v) is 2.93. The van der Waals surface area contributed by atoms with Gasteiger partial charge in [0.15, 0.2) is 0 Å². The molecular weight excluding hydrogens is 366 g/mol. The number of hydrogen-bond donors (Lipinski definition) is 4. The third-order valence-corrected chi connectivity index (χ3v) is 4.68. The molecule has 0 saturated heterocycles. The lowest BCUT2D eigenvalue weighted by molar-refractivity contribution is -0.150. The number of aliphatic hydroxyl groups excluding tert-OH is 1. The van der Waals surface area contributed by atoms with Crippen molar-refractivity contribution in [2.45, 2.75) is 50.7 Å². The molecule has 1 saturated carbocycles. The van der Waals surface area contributed by atoms with Gasteiger partial charge in [-0.25, -0.2) is 4.79 Å². The van der Waals surface area contributed by atoms with E-state index in [0.717, 1.165) is 19.3 Å². The third kappa shape index (κ3) is 5.78. The summed E-state index contributed by atoms with van der Waals surface area (Å²) in [5.74, 6) is 4.00. The number of amides is 1. The molecule has 0 spiro atoms. The minimum atomic E-state index is -0.723. The molecule has 2 rings (SSSR count). The predicted molar refractivity (Wildman–Crippen MR) is 101 cm³/mol. The maximum atomic E-state index is 12.5. The normalized spacial score (nSPS) is 21.1. The standard InChI is InChI=1S/C17H27N7O4/c1-20-9-14(18)17(27)24(12-3-2-4-12)10-15(26)28-22-16(21-23-19)11-5-7-13(25)8-6-11/h5,9,12-13,20,25H,2-4,6-8,10,18H2,1H3,(H2,19,21,22)/b14-9-. The van der Waals surface area contributed by atoms with Crippen LogP contribution < -0.4 is 16.9 Å². The Balaban J connectivity index is 2.05. The van der Waals surface area contributed by atoms with Gasteiger partial charge < -0.3 is 31.7 Å². The average Bonchev–Trinajstić information content (AvgIpc) is 2.63. The number of carbonyl (C=O) groups excluding carboxylic acids is 2. The molecule has 11 heteroatoms. The third-order valence-electron chi connectivity index (χ3n) is 4.68. The summed E-state index contributed by atoms with van der Waals surface area (Å²) < 4.78 is 0. The van der Waals surface area contributed by atoms with Crippen molar-refractivity contribution in [2.24, 2.45) is 27.1 Å². The van der Waals surface area contributed by atoms with Crippen LogP contribution in [0, 0.1) is 0 Å². The van der Waals surface area contributed by atoms with Gasteiger partial charge in [0.05, 0.1) is 6.10 Å². The second kappa shape index (κ2) is 10.4. The molecule has 6 N–H and O–H groups in total. The van der Waals surface area contributed by atoms with E-state index in [1.165, 1.54) is 11.1 Å². The van der Waals surface area contributed by atoms with Gasteiger partial charge in [-0.15, -0.1) is 5.11 Å². The second-order valence-electron chi connectivity index (χ2n) is 6.66. The van der Waals surface area contributed by atoms with Crippen molar-refractivity contribution >= 4 is 17.7 Å². The minimum Gasteiger partial charge on any atom is -0.393 e. The lowest BCUT2D eigenvalue weighted by Crippen LogP contribution is -2.48. The first kappa shape index (κ1) is 21.4. The van der Waals surface area contributed by atoms with E-state index in [2.05, 4.69) is 20.8 Å². The zero-order valence-corrected chi connectivity index (χ0v) is 15.9. The molecule has 0 aromatic carbocycles. The monoisotopic (exact) mass is 393 g/mol. The van der Waals surface area contributed by atoms with Gasteiger partial charge in [0.2, 0.25) is 5.84 Å². The summed E-state index contributed by atoms with van der Waals surface area (Å²) in [6, 6.07) is -0.0569. The number of rotatable bonds is 7. The van der Waals surface area contributed by atoms with Gasteiger partial charge in [0, 0.05) is 19.3 Å². The molecule has 154 valence electrons. The fraction of sp³-hybridized carbons (Fsp3) is 0.588. The van der Waals surface area contributed by atoms with Crippen molar-refractivity contribution in [1.82, 2.24) is 10.2 Å². The van der Waals surface area contributed by atoms with Gasteiger partial charge in [-0.05, 0) is 44.1 Å². The van der Waals surface area contributed by atoms with Crippen LogP contribution in [-0.2, 0) is 14.4 Å². The highest BCUT2D eigenvalue weighted by Crippen LogP contribution is 2.25. The molecule has 0 heterocycles. The fourth-order valence-electron chi connectivity index (χ4n) is 2.93. The van der Waals surface area contributed by atoms with E-state index in [4.69, 9.17) is 16.4 Å². The van der Waals surface area contributed by atoms with E-state index in [9.17, 15) is 14.7 Å². The van der Waals surface area contributed by atoms with Crippen LogP contribution in [0.15, 0.2) is 39.0 Å². The first-order valence-electron chi connectivity index (χ1n) is 9.16. The summed E-state index contributed by atoms with van der Waals surface area (Å²) in [5.41, 5.74) is 6.44. The molecule has 0 bridgehead atoms. The van der Waals surface area contributed by atoms with Crippen LogP contribution >= 0.6 is 0 Å². The number of aliphatic hydroxyl groups is 1. The first-order chi connectivity index (χ1) is 13.5. The Kier molecular flexibility index (Phi) is 7.93. The molecule has 1 unspecified atom stereocenters. The summed E-state index contributed by atoms with van der Waals surface area (Å²) in [6.07, 6.45) is 6.80. The van der Waals surface area contributed by atoms with Crippen LogP contribution in [0.4, 0.5) is 0 Å². The summed E-state index contributed by atoms with van der Waals surface area (Å²) in [4.78, 5) is 31.1. The highest BCUT2D eigenvalue weighted by Gasteiger charge is 2.32. The maximum absolute atomic E-state index is 12.5. The van der Waals surface area contributed by atoms with Crippen molar-refractivity contribution in [3.63, 3.8) is 0 Å². The molecule has 1 fully saturated rings. The minimum absolute atomic E-state index is 0.00856. The number of nitrogens with one attached hydrogen (secondary N) is 1. The Bertz CT molecular complexity index is 698. The molecule has 11 nitrogen and oxygen atoms in total. The Labute approximate surface area is 163 Å². The van der Waals surface area contributed by atoms with E-state index in [1.807, 2.05) is 0 Å². The molecule has 0 aromatic heterocycles. The van der Waals surface area contributed by atoms with Crippen LogP contribution in [0.3, 0.4) is 0 Å². The smallest absolute Gasteiger partial charge is 0.354 e. The Morgan fingerprint density at radius 1 is 1.43 bits per heavy atom. The molecule has 0 aromatic rings. The topological polar surface area (TPSA) is 168 Å². The zero-order valence-electron chi connectivity index (χ0n) is 15.9. The van der Waals surface area contributed by atoms with E-state index in [-0.39, 0.29) is 24.1 Å². The SMILES string of the molecule is CN/C=C(\N)C(=O)N(CC(=O)ON=C(N=NN)C1=CCC(O)CC1)C1CCC1. The predicted octanol–water partition coefficient (Wildman–Crippen LogP) is 0.0408. The van der Waals surface area contributed by atoms with Gasteiger partial charge in [0.1, 0.15) is 12.2 Å². The molecule has 0 aliphatic heterocycles. The number of carbonyl (C=O) groups is 2. The van der Waals surface area contributed by atoms with E-state index < -0.39 is 18.0 Å². The Hall–Kier alpha value is -2.95. The van der Waals surface area contributed by atoms with Gasteiger partial charge in [0.25, 0.3) is 5.91 Å². The highest BCUT2D eigenvalue weighted by molar-refractivity contribution is 5.99. The van der Waals surface area contributed by atoms with Crippen LogP contribution in [0.2, 0.25) is 0 Å². The summed E-state index contributed by atoms with van der Waals surface area (Å²) in [7, 11) is 1.63. The van der Waals surface area contributed by atoms with E-state index in [1.54, 1.807) is 13.1 Å².